The summed E-state index contributed by atoms with van der Waals surface area (Å²) in [5, 5.41) is 3.48. The summed E-state index contributed by atoms with van der Waals surface area (Å²) in [6.07, 6.45) is 10.4. The molecule has 2 rings (SSSR count). The van der Waals surface area contributed by atoms with E-state index < -0.39 is 0 Å². The Labute approximate surface area is 129 Å². The maximum atomic E-state index is 5.71. The fraction of sp³-hybridized carbons (Fsp3) is 0.667. The molecule has 1 aliphatic rings. The molecular formula is C18H29NO2. The highest BCUT2D eigenvalue weighted by molar-refractivity contribution is 5.54. The van der Waals surface area contributed by atoms with E-state index in [1.165, 1.54) is 44.9 Å². The Balaban J connectivity index is 1.63. The lowest BCUT2D eigenvalue weighted by Gasteiger charge is -2.11. The molecule has 0 fully saturated rings. The number of rotatable bonds is 9. The zero-order valence-electron chi connectivity index (χ0n) is 13.3. The number of hydrogen-bond donors (Lipinski definition) is 1. The lowest BCUT2D eigenvalue weighted by atomic mass is 10.1. The molecule has 3 heteroatoms. The van der Waals surface area contributed by atoms with E-state index in [-0.39, 0.29) is 0 Å². The molecule has 0 aromatic heterocycles. The second-order valence-electron chi connectivity index (χ2n) is 5.76. The minimum absolute atomic E-state index is 0.744. The Kier molecular flexibility index (Phi) is 7.27. The molecule has 3 nitrogen and oxygen atoms in total. The molecule has 0 unspecified atom stereocenters. The van der Waals surface area contributed by atoms with E-state index in [1.807, 2.05) is 6.07 Å². The van der Waals surface area contributed by atoms with E-state index in [4.69, 9.17) is 9.47 Å². The van der Waals surface area contributed by atoms with Crippen LogP contribution in [-0.4, -0.2) is 19.8 Å². The van der Waals surface area contributed by atoms with Crippen molar-refractivity contribution >= 4 is 5.69 Å². The Morgan fingerprint density at radius 1 is 0.905 bits per heavy atom. The zero-order chi connectivity index (χ0) is 14.8. The summed E-state index contributed by atoms with van der Waals surface area (Å²) in [6.45, 7) is 4.79. The Hall–Kier alpha value is -1.38. The van der Waals surface area contributed by atoms with Gasteiger partial charge in [-0.1, -0.05) is 45.4 Å². The molecule has 1 aromatic carbocycles. The highest BCUT2D eigenvalue weighted by atomic mass is 16.5. The predicted molar refractivity (Wildman–Crippen MR) is 88.5 cm³/mol. The second-order valence-corrected chi connectivity index (χ2v) is 5.76. The van der Waals surface area contributed by atoms with Crippen LogP contribution < -0.4 is 14.8 Å². The maximum Gasteiger partial charge on any atom is 0.163 e. The lowest BCUT2D eigenvalue weighted by molar-refractivity contribution is 0.297. The zero-order valence-corrected chi connectivity index (χ0v) is 13.3. The quantitative estimate of drug-likeness (QED) is 0.649. The van der Waals surface area contributed by atoms with Crippen molar-refractivity contribution in [3.05, 3.63) is 18.2 Å². The van der Waals surface area contributed by atoms with Crippen molar-refractivity contribution in [2.24, 2.45) is 0 Å². The van der Waals surface area contributed by atoms with Gasteiger partial charge < -0.3 is 14.8 Å². The number of nitrogens with one attached hydrogen (secondary N) is 1. The van der Waals surface area contributed by atoms with Crippen LogP contribution in [-0.2, 0) is 0 Å². The van der Waals surface area contributed by atoms with Gasteiger partial charge in [-0.25, -0.2) is 0 Å². The van der Waals surface area contributed by atoms with Gasteiger partial charge in [0, 0.05) is 24.7 Å². The van der Waals surface area contributed by atoms with E-state index in [0.717, 1.165) is 43.4 Å². The number of anilines is 1. The largest absolute Gasteiger partial charge is 0.490 e. The summed E-state index contributed by atoms with van der Waals surface area (Å²) in [5.74, 6) is 1.74. The smallest absolute Gasteiger partial charge is 0.163 e. The summed E-state index contributed by atoms with van der Waals surface area (Å²) in [6, 6.07) is 6.14. The summed E-state index contributed by atoms with van der Waals surface area (Å²) in [4.78, 5) is 0. The molecule has 0 bridgehead atoms. The van der Waals surface area contributed by atoms with Crippen LogP contribution in [0.4, 0.5) is 5.69 Å². The third-order valence-electron chi connectivity index (χ3n) is 3.86. The van der Waals surface area contributed by atoms with Crippen LogP contribution >= 0.6 is 0 Å². The van der Waals surface area contributed by atoms with Crippen molar-refractivity contribution in [3.8, 4) is 11.5 Å². The van der Waals surface area contributed by atoms with Gasteiger partial charge in [-0.05, 0) is 18.6 Å². The average Bonchev–Trinajstić information content (AvgIpc) is 2.74. The molecular weight excluding hydrogens is 262 g/mol. The van der Waals surface area contributed by atoms with Gasteiger partial charge in [0.2, 0.25) is 0 Å². The van der Waals surface area contributed by atoms with Crippen LogP contribution in [0, 0.1) is 0 Å². The average molecular weight is 291 g/mol. The van der Waals surface area contributed by atoms with Gasteiger partial charge in [0.05, 0.1) is 13.2 Å². The molecule has 0 spiro atoms. The van der Waals surface area contributed by atoms with Crippen molar-refractivity contribution in [1.82, 2.24) is 0 Å². The SMILES string of the molecule is CCCCCCCCCNc1ccc2c(c1)OCCCO2. The summed E-state index contributed by atoms with van der Waals surface area (Å²) < 4.78 is 11.3. The van der Waals surface area contributed by atoms with E-state index in [0.29, 0.717) is 0 Å². The molecule has 0 atom stereocenters. The van der Waals surface area contributed by atoms with Crippen LogP contribution in [0.3, 0.4) is 0 Å². The van der Waals surface area contributed by atoms with Gasteiger partial charge in [0.15, 0.2) is 11.5 Å². The third kappa shape index (κ3) is 5.86. The first-order valence-electron chi connectivity index (χ1n) is 8.53. The van der Waals surface area contributed by atoms with Crippen molar-refractivity contribution in [2.75, 3.05) is 25.1 Å². The van der Waals surface area contributed by atoms with Crippen molar-refractivity contribution in [1.29, 1.82) is 0 Å². The molecule has 0 amide bonds. The highest BCUT2D eigenvalue weighted by Gasteiger charge is 2.10. The summed E-state index contributed by atoms with van der Waals surface area (Å²) in [5.41, 5.74) is 1.13. The molecule has 1 aromatic rings. The van der Waals surface area contributed by atoms with Crippen molar-refractivity contribution < 1.29 is 9.47 Å². The van der Waals surface area contributed by atoms with E-state index in [1.54, 1.807) is 0 Å². The fourth-order valence-corrected chi connectivity index (χ4v) is 2.59. The van der Waals surface area contributed by atoms with Gasteiger partial charge in [-0.2, -0.15) is 0 Å². The summed E-state index contributed by atoms with van der Waals surface area (Å²) in [7, 11) is 0. The number of ether oxygens (including phenoxy) is 2. The molecule has 1 aliphatic heterocycles. The van der Waals surface area contributed by atoms with Gasteiger partial charge in [0.1, 0.15) is 0 Å². The Bertz CT molecular complexity index is 406. The van der Waals surface area contributed by atoms with E-state index in [9.17, 15) is 0 Å². The number of unbranched alkanes of at least 4 members (excludes halogenated alkanes) is 6. The lowest BCUT2D eigenvalue weighted by Crippen LogP contribution is -2.02. The normalized spacial score (nSPS) is 13.8. The van der Waals surface area contributed by atoms with Gasteiger partial charge in [0.25, 0.3) is 0 Å². The first-order valence-corrected chi connectivity index (χ1v) is 8.53. The van der Waals surface area contributed by atoms with Gasteiger partial charge in [-0.15, -0.1) is 0 Å². The number of hydrogen-bond acceptors (Lipinski definition) is 3. The summed E-state index contributed by atoms with van der Waals surface area (Å²) >= 11 is 0. The van der Waals surface area contributed by atoms with Crippen LogP contribution in [0.15, 0.2) is 18.2 Å². The topological polar surface area (TPSA) is 30.5 Å². The van der Waals surface area contributed by atoms with Crippen LogP contribution in [0.25, 0.3) is 0 Å². The predicted octanol–water partition coefficient (Wildman–Crippen LogP) is 5.01. The Morgan fingerprint density at radius 3 is 2.43 bits per heavy atom. The first-order chi connectivity index (χ1) is 10.4. The van der Waals surface area contributed by atoms with Crippen LogP contribution in [0.5, 0.6) is 11.5 Å². The van der Waals surface area contributed by atoms with Gasteiger partial charge >= 0.3 is 0 Å². The maximum absolute atomic E-state index is 5.71. The molecule has 1 N–H and O–H groups in total. The van der Waals surface area contributed by atoms with Crippen LogP contribution in [0.2, 0.25) is 0 Å². The minimum Gasteiger partial charge on any atom is -0.490 e. The van der Waals surface area contributed by atoms with E-state index in [2.05, 4.69) is 24.4 Å². The molecule has 1 heterocycles. The highest BCUT2D eigenvalue weighted by Crippen LogP contribution is 2.32. The molecule has 0 saturated carbocycles. The van der Waals surface area contributed by atoms with Crippen molar-refractivity contribution in [2.45, 2.75) is 58.3 Å². The standard InChI is InChI=1S/C18H29NO2/c1-2-3-4-5-6-7-8-12-19-16-10-11-17-18(15-16)21-14-9-13-20-17/h10-11,15,19H,2-9,12-14H2,1H3. The van der Waals surface area contributed by atoms with Crippen molar-refractivity contribution in [3.63, 3.8) is 0 Å². The van der Waals surface area contributed by atoms with Gasteiger partial charge in [-0.3, -0.25) is 0 Å². The molecule has 0 saturated heterocycles. The second kappa shape index (κ2) is 9.54. The molecule has 0 aliphatic carbocycles. The fourth-order valence-electron chi connectivity index (χ4n) is 2.59. The number of fused-ring (bicyclic) bond motifs is 1. The third-order valence-corrected chi connectivity index (χ3v) is 3.86. The first kappa shape index (κ1) is 16.0. The molecule has 21 heavy (non-hydrogen) atoms. The molecule has 118 valence electrons. The van der Waals surface area contributed by atoms with Crippen LogP contribution in [0.1, 0.15) is 58.3 Å². The monoisotopic (exact) mass is 291 g/mol. The Morgan fingerprint density at radius 2 is 1.62 bits per heavy atom. The minimum atomic E-state index is 0.744. The van der Waals surface area contributed by atoms with E-state index >= 15 is 0 Å². The number of benzene rings is 1. The molecule has 0 radical (unpaired) electrons.